The molecule has 8 nitrogen and oxygen atoms in total. The number of carbonyl (C=O) groups is 2. The van der Waals surface area contributed by atoms with Gasteiger partial charge in [-0.1, -0.05) is 30.4 Å². The average molecular weight is 440 g/mol. The lowest BCUT2D eigenvalue weighted by atomic mass is 9.92. The Kier molecular flexibility index (Phi) is 6.34. The molecule has 1 aromatic heterocycles. The molecule has 0 spiro atoms. The third-order valence-corrected chi connectivity index (χ3v) is 5.32. The zero-order valence-electron chi connectivity index (χ0n) is 19.8. The van der Waals surface area contributed by atoms with E-state index in [0.29, 0.717) is 25.3 Å². The average Bonchev–Trinajstić information content (AvgIpc) is 3.08. The fourth-order valence-electron chi connectivity index (χ4n) is 3.57. The summed E-state index contributed by atoms with van der Waals surface area (Å²) in [6.07, 6.45) is 0.217. The first-order valence-electron chi connectivity index (χ1n) is 10.8. The Balaban J connectivity index is 1.66. The summed E-state index contributed by atoms with van der Waals surface area (Å²) in [5.41, 5.74) is 3.54. The largest absolute Gasteiger partial charge is 0.444 e. The van der Waals surface area contributed by atoms with E-state index in [4.69, 9.17) is 4.74 Å². The van der Waals surface area contributed by atoms with Crippen molar-refractivity contribution in [3.05, 3.63) is 53.2 Å². The van der Waals surface area contributed by atoms with Crippen molar-refractivity contribution >= 4 is 23.5 Å². The fraction of sp³-hybridized carbons (Fsp3) is 0.458. The standard InChI is InChI=1S/C24H33N5O3/c1-15(2)16-9-8-10-17(13-16)24(6,7)26-21(30)25-20-18-11-12-29(14-19(18)27-28-20)22(31)32-23(3,4)5/h8-10,13H,1,11-12,14H2,2-7H3,(H3,25,26,27,28,30). The molecule has 0 radical (unpaired) electrons. The van der Waals surface area contributed by atoms with Crippen LogP contribution in [0.25, 0.3) is 5.57 Å². The van der Waals surface area contributed by atoms with Crippen LogP contribution in [0.4, 0.5) is 15.4 Å². The highest BCUT2D eigenvalue weighted by Crippen LogP contribution is 2.26. The van der Waals surface area contributed by atoms with E-state index in [9.17, 15) is 9.59 Å². The highest BCUT2D eigenvalue weighted by Gasteiger charge is 2.29. The summed E-state index contributed by atoms with van der Waals surface area (Å²) in [4.78, 5) is 26.7. The lowest BCUT2D eigenvalue weighted by Gasteiger charge is -2.30. The quantitative estimate of drug-likeness (QED) is 0.638. The van der Waals surface area contributed by atoms with Crippen molar-refractivity contribution in [1.29, 1.82) is 0 Å². The second kappa shape index (κ2) is 8.68. The predicted molar refractivity (Wildman–Crippen MR) is 125 cm³/mol. The topological polar surface area (TPSA) is 99.4 Å². The van der Waals surface area contributed by atoms with Gasteiger partial charge in [-0.2, -0.15) is 5.10 Å². The first-order chi connectivity index (χ1) is 14.9. The van der Waals surface area contributed by atoms with Gasteiger partial charge in [0, 0.05) is 12.1 Å². The normalized spacial score (nSPS) is 13.9. The van der Waals surface area contributed by atoms with E-state index in [1.807, 2.05) is 65.8 Å². The van der Waals surface area contributed by atoms with Crippen LogP contribution in [0, 0.1) is 0 Å². The summed E-state index contributed by atoms with van der Waals surface area (Å²) in [6, 6.07) is 7.62. The van der Waals surface area contributed by atoms with Crippen LogP contribution in [0.1, 0.15) is 63.9 Å². The van der Waals surface area contributed by atoms with E-state index in [1.54, 1.807) is 4.90 Å². The lowest BCUT2D eigenvalue weighted by Crippen LogP contribution is -2.43. The number of H-pyrrole nitrogens is 1. The molecule has 0 fully saturated rings. The van der Waals surface area contributed by atoms with Crippen LogP contribution in [0.5, 0.6) is 0 Å². The molecule has 0 unspecified atom stereocenters. The number of aromatic nitrogens is 2. The van der Waals surface area contributed by atoms with Crippen molar-refractivity contribution in [1.82, 2.24) is 20.4 Å². The van der Waals surface area contributed by atoms with Gasteiger partial charge in [0.2, 0.25) is 0 Å². The molecule has 1 aromatic carbocycles. The third-order valence-electron chi connectivity index (χ3n) is 5.32. The SMILES string of the molecule is C=C(C)c1cccc(C(C)(C)NC(=O)Nc2n[nH]c3c2CCN(C(=O)OC(C)(C)C)C3)c1. The number of hydrogen-bond acceptors (Lipinski definition) is 4. The van der Waals surface area contributed by atoms with Gasteiger partial charge in [-0.3, -0.25) is 10.4 Å². The van der Waals surface area contributed by atoms with E-state index in [-0.39, 0.29) is 12.1 Å². The molecule has 2 aromatic rings. The first-order valence-corrected chi connectivity index (χ1v) is 10.8. The Morgan fingerprint density at radius 2 is 1.94 bits per heavy atom. The number of nitrogens with zero attached hydrogens (tertiary/aromatic N) is 2. The predicted octanol–water partition coefficient (Wildman–Crippen LogP) is 4.79. The van der Waals surface area contributed by atoms with Crippen LogP contribution >= 0.6 is 0 Å². The van der Waals surface area contributed by atoms with E-state index in [2.05, 4.69) is 27.4 Å². The Bertz CT molecular complexity index is 1030. The van der Waals surface area contributed by atoms with Crippen LogP contribution in [-0.2, 0) is 23.2 Å². The molecule has 0 atom stereocenters. The highest BCUT2D eigenvalue weighted by molar-refractivity contribution is 5.89. The summed E-state index contributed by atoms with van der Waals surface area (Å²) >= 11 is 0. The fourth-order valence-corrected chi connectivity index (χ4v) is 3.57. The molecule has 1 aliphatic heterocycles. The molecule has 0 saturated heterocycles. The van der Waals surface area contributed by atoms with Crippen molar-refractivity contribution in [2.75, 3.05) is 11.9 Å². The van der Waals surface area contributed by atoms with E-state index < -0.39 is 11.1 Å². The van der Waals surface area contributed by atoms with Crippen molar-refractivity contribution < 1.29 is 14.3 Å². The molecule has 0 saturated carbocycles. The van der Waals surface area contributed by atoms with Crippen LogP contribution < -0.4 is 10.6 Å². The van der Waals surface area contributed by atoms with Gasteiger partial charge in [0.05, 0.1) is 17.8 Å². The van der Waals surface area contributed by atoms with Gasteiger partial charge in [-0.15, -0.1) is 0 Å². The minimum absolute atomic E-state index is 0.348. The van der Waals surface area contributed by atoms with Crippen LogP contribution in [0.2, 0.25) is 0 Å². The first kappa shape index (κ1) is 23.4. The zero-order valence-corrected chi connectivity index (χ0v) is 19.8. The number of nitrogens with one attached hydrogen (secondary N) is 3. The molecule has 172 valence electrons. The summed E-state index contributed by atoms with van der Waals surface area (Å²) < 4.78 is 5.45. The smallest absolute Gasteiger partial charge is 0.410 e. The minimum Gasteiger partial charge on any atom is -0.444 e. The number of allylic oxidation sites excluding steroid dienone is 1. The molecule has 0 aliphatic carbocycles. The molecule has 2 heterocycles. The second-order valence-corrected chi connectivity index (χ2v) is 9.75. The van der Waals surface area contributed by atoms with Crippen molar-refractivity contribution in [3.63, 3.8) is 0 Å². The molecular formula is C24H33N5O3. The summed E-state index contributed by atoms with van der Waals surface area (Å²) in [5.74, 6) is 0.479. The summed E-state index contributed by atoms with van der Waals surface area (Å²) in [6.45, 7) is 16.2. The molecule has 3 rings (SSSR count). The maximum Gasteiger partial charge on any atom is 0.410 e. The number of aromatic amines is 1. The molecule has 3 N–H and O–H groups in total. The number of rotatable bonds is 4. The van der Waals surface area contributed by atoms with Crippen molar-refractivity contribution in [3.8, 4) is 0 Å². The lowest BCUT2D eigenvalue weighted by molar-refractivity contribution is 0.0221. The molecule has 8 heteroatoms. The Hall–Kier alpha value is -3.29. The van der Waals surface area contributed by atoms with Gasteiger partial charge in [0.15, 0.2) is 5.82 Å². The maximum absolute atomic E-state index is 12.8. The third kappa shape index (κ3) is 5.49. The molecule has 0 bridgehead atoms. The van der Waals surface area contributed by atoms with Crippen molar-refractivity contribution in [2.45, 2.75) is 65.6 Å². The molecule has 32 heavy (non-hydrogen) atoms. The number of ether oxygens (including phenoxy) is 1. The van der Waals surface area contributed by atoms with Crippen LogP contribution in [0.15, 0.2) is 30.8 Å². The number of hydrogen-bond donors (Lipinski definition) is 3. The van der Waals surface area contributed by atoms with Crippen LogP contribution in [0.3, 0.4) is 0 Å². The van der Waals surface area contributed by atoms with Gasteiger partial charge in [-0.25, -0.2) is 9.59 Å². The van der Waals surface area contributed by atoms with E-state index >= 15 is 0 Å². The van der Waals surface area contributed by atoms with Crippen LogP contribution in [-0.4, -0.2) is 39.4 Å². The summed E-state index contributed by atoms with van der Waals surface area (Å²) in [5, 5.41) is 13.1. The Morgan fingerprint density at radius 3 is 2.59 bits per heavy atom. The Morgan fingerprint density at radius 1 is 1.22 bits per heavy atom. The van der Waals surface area contributed by atoms with Gasteiger partial charge < -0.3 is 15.0 Å². The van der Waals surface area contributed by atoms with E-state index in [0.717, 1.165) is 28.0 Å². The second-order valence-electron chi connectivity index (χ2n) is 9.75. The number of carbonyl (C=O) groups excluding carboxylic acids is 2. The van der Waals surface area contributed by atoms with Crippen molar-refractivity contribution in [2.24, 2.45) is 0 Å². The number of benzene rings is 1. The van der Waals surface area contributed by atoms with E-state index in [1.165, 1.54) is 0 Å². The molecule has 1 aliphatic rings. The van der Waals surface area contributed by atoms with Gasteiger partial charge >= 0.3 is 12.1 Å². The minimum atomic E-state index is -0.598. The number of anilines is 1. The molecular weight excluding hydrogens is 406 g/mol. The van der Waals surface area contributed by atoms with Gasteiger partial charge in [0.25, 0.3) is 0 Å². The molecule has 3 amide bonds. The number of fused-ring (bicyclic) bond motifs is 1. The maximum atomic E-state index is 12.8. The highest BCUT2D eigenvalue weighted by atomic mass is 16.6. The number of urea groups is 1. The Labute approximate surface area is 189 Å². The number of amides is 3. The zero-order chi connectivity index (χ0) is 23.7. The van der Waals surface area contributed by atoms with Gasteiger partial charge in [-0.05, 0) is 65.2 Å². The summed E-state index contributed by atoms with van der Waals surface area (Å²) in [7, 11) is 0. The monoisotopic (exact) mass is 439 g/mol. The van der Waals surface area contributed by atoms with Gasteiger partial charge in [0.1, 0.15) is 5.60 Å².